The molecule has 0 fully saturated rings. The minimum absolute atomic E-state index is 0.175. The molecule has 13 nitrogen and oxygen atoms in total. The van der Waals surface area contributed by atoms with E-state index in [-0.39, 0.29) is 12.8 Å². The normalized spacial score (nSPS) is 14.5. The second-order valence-electron chi connectivity index (χ2n) is 7.55. The monoisotopic (exact) mass is 459 g/mol. The number of primary amides is 1. The Morgan fingerprint density at radius 3 is 1.62 bits per heavy atom. The van der Waals surface area contributed by atoms with Crippen LogP contribution in [0.25, 0.3) is 0 Å². The first kappa shape index (κ1) is 29.2. The molecule has 0 aromatic heterocycles. The van der Waals surface area contributed by atoms with Gasteiger partial charge in [-0.25, -0.2) is 4.79 Å². The number of unbranched alkanes of at least 4 members (excludes halogenated alkanes) is 2. The van der Waals surface area contributed by atoms with Crippen molar-refractivity contribution in [2.24, 2.45) is 22.9 Å². The van der Waals surface area contributed by atoms with E-state index in [1.807, 2.05) is 0 Å². The second-order valence-corrected chi connectivity index (χ2v) is 7.55. The average Bonchev–Trinajstić information content (AvgIpc) is 2.71. The van der Waals surface area contributed by atoms with Crippen LogP contribution in [-0.2, 0) is 24.0 Å². The van der Waals surface area contributed by atoms with Crippen LogP contribution < -0.4 is 38.9 Å². The van der Waals surface area contributed by atoms with Crippen LogP contribution in [0.4, 0.5) is 0 Å². The fourth-order valence-electron chi connectivity index (χ4n) is 2.77. The lowest BCUT2D eigenvalue weighted by Crippen LogP contribution is -2.57. The van der Waals surface area contributed by atoms with Gasteiger partial charge < -0.3 is 44.0 Å². The fourth-order valence-corrected chi connectivity index (χ4v) is 2.77. The van der Waals surface area contributed by atoms with E-state index in [0.717, 1.165) is 0 Å². The van der Waals surface area contributed by atoms with Crippen LogP contribution in [0.15, 0.2) is 0 Å². The molecule has 0 spiro atoms. The lowest BCUT2D eigenvalue weighted by molar-refractivity contribution is -0.142. The molecule has 0 aromatic rings. The number of hydrogen-bond donors (Lipinski definition) is 8. The van der Waals surface area contributed by atoms with Crippen molar-refractivity contribution in [2.75, 3.05) is 13.1 Å². The van der Waals surface area contributed by atoms with Crippen molar-refractivity contribution in [1.82, 2.24) is 16.0 Å². The van der Waals surface area contributed by atoms with Gasteiger partial charge in [-0.2, -0.15) is 0 Å². The summed E-state index contributed by atoms with van der Waals surface area (Å²) in [5.74, 6) is -4.25. The van der Waals surface area contributed by atoms with Crippen LogP contribution >= 0.6 is 0 Å². The molecule has 0 rings (SSSR count). The molecule has 0 aliphatic rings. The third-order valence-electron chi connectivity index (χ3n) is 4.59. The molecule has 32 heavy (non-hydrogen) atoms. The van der Waals surface area contributed by atoms with Gasteiger partial charge in [0.2, 0.25) is 23.6 Å². The Balaban J connectivity index is 5.39. The Hall–Kier alpha value is -2.77. The number of nitrogens with one attached hydrogen (secondary N) is 3. The Morgan fingerprint density at radius 2 is 1.19 bits per heavy atom. The van der Waals surface area contributed by atoms with Crippen LogP contribution in [0, 0.1) is 0 Å². The smallest absolute Gasteiger partial charge is 0.326 e. The maximum Gasteiger partial charge on any atom is 0.326 e. The van der Waals surface area contributed by atoms with Gasteiger partial charge in [0.25, 0.3) is 0 Å². The zero-order valence-corrected chi connectivity index (χ0v) is 18.5. The number of carbonyl (C=O) groups is 5. The highest BCUT2D eigenvalue weighted by molar-refractivity contribution is 5.96. The first-order chi connectivity index (χ1) is 15.0. The lowest BCUT2D eigenvalue weighted by atomic mass is 10.0. The maximum atomic E-state index is 12.8. The van der Waals surface area contributed by atoms with E-state index in [1.165, 1.54) is 6.92 Å². The minimum Gasteiger partial charge on any atom is -0.480 e. The van der Waals surface area contributed by atoms with Gasteiger partial charge in [-0.05, 0) is 58.5 Å². The van der Waals surface area contributed by atoms with E-state index in [1.54, 1.807) is 0 Å². The topological polar surface area (TPSA) is 246 Å². The van der Waals surface area contributed by atoms with Crippen molar-refractivity contribution >= 4 is 29.6 Å². The van der Waals surface area contributed by atoms with Crippen molar-refractivity contribution in [3.8, 4) is 0 Å². The molecule has 0 saturated carbocycles. The molecule has 0 heterocycles. The first-order valence-electron chi connectivity index (χ1n) is 10.6. The number of carboxylic acid groups (broad SMARTS) is 1. The number of amides is 4. The van der Waals surface area contributed by atoms with Gasteiger partial charge in [-0.3, -0.25) is 19.2 Å². The van der Waals surface area contributed by atoms with Crippen molar-refractivity contribution in [3.05, 3.63) is 0 Å². The molecule has 12 N–H and O–H groups in total. The number of carbonyl (C=O) groups excluding carboxylic acids is 4. The molecular formula is C19H37N7O6. The van der Waals surface area contributed by atoms with Gasteiger partial charge in [-0.1, -0.05) is 0 Å². The van der Waals surface area contributed by atoms with E-state index in [9.17, 15) is 29.1 Å². The molecule has 0 aromatic carbocycles. The molecule has 13 heteroatoms. The predicted octanol–water partition coefficient (Wildman–Crippen LogP) is -2.99. The lowest BCUT2D eigenvalue weighted by Gasteiger charge is -2.24. The summed E-state index contributed by atoms with van der Waals surface area (Å²) in [6.07, 6.45) is 2.01. The summed E-state index contributed by atoms with van der Waals surface area (Å²) in [4.78, 5) is 60.2. The molecular weight excluding hydrogens is 422 g/mol. The standard InChI is InChI=1S/C19H37N7O6/c1-11(22)16(28)26-14(10-15(23)27)18(30)24-12(6-2-4-8-20)17(29)25-13(19(31)32)7-3-5-9-21/h11-14H,2-10,20-22H2,1H3,(H2,23,27)(H,24,30)(H,25,29)(H,26,28)(H,31,32). The molecule has 0 radical (unpaired) electrons. The van der Waals surface area contributed by atoms with Gasteiger partial charge in [-0.15, -0.1) is 0 Å². The summed E-state index contributed by atoms with van der Waals surface area (Å²) in [5, 5.41) is 16.6. The summed E-state index contributed by atoms with van der Waals surface area (Å²) < 4.78 is 0. The van der Waals surface area contributed by atoms with Gasteiger partial charge in [0, 0.05) is 0 Å². The Morgan fingerprint density at radius 1 is 0.750 bits per heavy atom. The van der Waals surface area contributed by atoms with Gasteiger partial charge in [0.1, 0.15) is 18.1 Å². The maximum absolute atomic E-state index is 12.8. The van der Waals surface area contributed by atoms with Crippen LogP contribution in [-0.4, -0.2) is 72.0 Å². The number of nitrogens with two attached hydrogens (primary N) is 4. The molecule has 4 amide bonds. The average molecular weight is 460 g/mol. The van der Waals surface area contributed by atoms with Crippen molar-refractivity contribution < 1.29 is 29.1 Å². The molecule has 0 aliphatic carbocycles. The van der Waals surface area contributed by atoms with Crippen molar-refractivity contribution in [2.45, 2.75) is 76.0 Å². The van der Waals surface area contributed by atoms with Gasteiger partial charge in [0.15, 0.2) is 0 Å². The Labute approximate surface area is 187 Å². The largest absolute Gasteiger partial charge is 0.480 e. The summed E-state index contributed by atoms with van der Waals surface area (Å²) in [7, 11) is 0. The van der Waals surface area contributed by atoms with Crippen LogP contribution in [0.1, 0.15) is 51.9 Å². The SMILES string of the molecule is CC(N)C(=O)NC(CC(N)=O)C(=O)NC(CCCCN)C(=O)NC(CCCCN)C(=O)O. The van der Waals surface area contributed by atoms with E-state index >= 15 is 0 Å². The summed E-state index contributed by atoms with van der Waals surface area (Å²) in [6.45, 7) is 2.16. The molecule has 0 bridgehead atoms. The summed E-state index contributed by atoms with van der Waals surface area (Å²) in [6, 6.07) is -4.53. The predicted molar refractivity (Wildman–Crippen MR) is 117 cm³/mol. The number of hydrogen-bond acceptors (Lipinski definition) is 8. The second kappa shape index (κ2) is 15.9. The van der Waals surface area contributed by atoms with Crippen LogP contribution in [0.5, 0.6) is 0 Å². The number of aliphatic carboxylic acids is 1. The van der Waals surface area contributed by atoms with Gasteiger partial charge >= 0.3 is 5.97 Å². The molecule has 0 aliphatic heterocycles. The van der Waals surface area contributed by atoms with Gasteiger partial charge in [0.05, 0.1) is 12.5 Å². The molecule has 0 saturated heterocycles. The zero-order valence-electron chi connectivity index (χ0n) is 18.5. The molecule has 4 unspecified atom stereocenters. The fraction of sp³-hybridized carbons (Fsp3) is 0.737. The van der Waals surface area contributed by atoms with E-state index in [4.69, 9.17) is 22.9 Å². The highest BCUT2D eigenvalue weighted by Crippen LogP contribution is 2.06. The number of rotatable bonds is 17. The number of carboxylic acids is 1. The summed E-state index contributed by atoms with van der Waals surface area (Å²) >= 11 is 0. The molecule has 4 atom stereocenters. The van der Waals surface area contributed by atoms with E-state index in [0.29, 0.717) is 38.8 Å². The third kappa shape index (κ3) is 12.2. The Kier molecular flexibility index (Phi) is 14.6. The van der Waals surface area contributed by atoms with Crippen LogP contribution in [0.3, 0.4) is 0 Å². The summed E-state index contributed by atoms with van der Waals surface area (Å²) in [5.41, 5.74) is 21.5. The Bertz CT molecular complexity index is 644. The van der Waals surface area contributed by atoms with Crippen molar-refractivity contribution in [1.29, 1.82) is 0 Å². The van der Waals surface area contributed by atoms with Crippen LogP contribution in [0.2, 0.25) is 0 Å². The minimum atomic E-state index is -1.34. The van der Waals surface area contributed by atoms with E-state index in [2.05, 4.69) is 16.0 Å². The highest BCUT2D eigenvalue weighted by Gasteiger charge is 2.30. The quantitative estimate of drug-likeness (QED) is 0.103. The molecule has 184 valence electrons. The van der Waals surface area contributed by atoms with Crippen molar-refractivity contribution in [3.63, 3.8) is 0 Å². The highest BCUT2D eigenvalue weighted by atomic mass is 16.4. The van der Waals surface area contributed by atoms with E-state index < -0.39 is 60.2 Å². The third-order valence-corrected chi connectivity index (χ3v) is 4.59. The first-order valence-corrected chi connectivity index (χ1v) is 10.6. The zero-order chi connectivity index (χ0) is 24.7.